The van der Waals surface area contributed by atoms with E-state index in [9.17, 15) is 4.79 Å². The Labute approximate surface area is 118 Å². The van der Waals surface area contributed by atoms with Crippen LogP contribution in [-0.2, 0) is 4.79 Å². The predicted octanol–water partition coefficient (Wildman–Crippen LogP) is 3.75. The number of carbonyl (C=O) groups excluding carboxylic acids is 1. The van der Waals surface area contributed by atoms with Gasteiger partial charge in [0.25, 0.3) is 0 Å². The minimum Gasteiger partial charge on any atom is -0.303 e. The number of likely N-dealkylation sites (tertiary alicyclic amines) is 1. The van der Waals surface area contributed by atoms with Gasteiger partial charge in [0.2, 0.25) is 0 Å². The molecular weight excluding hydrogens is 234 g/mol. The van der Waals surface area contributed by atoms with E-state index in [1.807, 2.05) is 0 Å². The van der Waals surface area contributed by atoms with Gasteiger partial charge in [-0.3, -0.25) is 4.79 Å². The zero-order valence-electron chi connectivity index (χ0n) is 13.0. The molecule has 2 nitrogen and oxygen atoms in total. The average Bonchev–Trinajstić information content (AvgIpc) is 2.57. The lowest BCUT2D eigenvalue weighted by atomic mass is 9.75. The van der Waals surface area contributed by atoms with Crippen molar-refractivity contribution in [2.75, 3.05) is 19.6 Å². The Morgan fingerprint density at radius 3 is 2.74 bits per heavy atom. The maximum atomic E-state index is 12.2. The third-order valence-electron chi connectivity index (χ3n) is 5.33. The molecule has 1 heterocycles. The first-order chi connectivity index (χ1) is 9.06. The van der Waals surface area contributed by atoms with Gasteiger partial charge in [-0.15, -0.1) is 0 Å². The number of hydrogen-bond donors (Lipinski definition) is 0. The van der Waals surface area contributed by atoms with Gasteiger partial charge in [0.1, 0.15) is 5.78 Å². The fourth-order valence-electron chi connectivity index (χ4n) is 3.75. The van der Waals surface area contributed by atoms with Crippen molar-refractivity contribution >= 4 is 5.78 Å². The second kappa shape index (κ2) is 6.88. The molecule has 2 fully saturated rings. The largest absolute Gasteiger partial charge is 0.303 e. The molecule has 3 atom stereocenters. The Bertz CT molecular complexity index is 300. The zero-order chi connectivity index (χ0) is 13.8. The van der Waals surface area contributed by atoms with E-state index in [0.29, 0.717) is 11.7 Å². The van der Waals surface area contributed by atoms with Crippen LogP contribution in [-0.4, -0.2) is 30.3 Å². The van der Waals surface area contributed by atoms with Gasteiger partial charge in [-0.1, -0.05) is 20.8 Å². The Hall–Kier alpha value is -0.370. The monoisotopic (exact) mass is 265 g/mol. The van der Waals surface area contributed by atoms with E-state index in [0.717, 1.165) is 43.6 Å². The SMILES string of the molecule is CC1CCCN(CC2CC(C(C)C)CCC2=O)CC1. The molecule has 1 aliphatic heterocycles. The molecule has 0 aromatic carbocycles. The molecule has 0 amide bonds. The van der Waals surface area contributed by atoms with Gasteiger partial charge in [0.05, 0.1) is 0 Å². The Morgan fingerprint density at radius 1 is 1.21 bits per heavy atom. The van der Waals surface area contributed by atoms with E-state index in [1.165, 1.54) is 32.4 Å². The summed E-state index contributed by atoms with van der Waals surface area (Å²) in [6, 6.07) is 0. The van der Waals surface area contributed by atoms with Crippen LogP contribution in [0.5, 0.6) is 0 Å². The molecule has 2 heteroatoms. The highest BCUT2D eigenvalue weighted by molar-refractivity contribution is 5.82. The molecule has 19 heavy (non-hydrogen) atoms. The van der Waals surface area contributed by atoms with Crippen LogP contribution in [0.4, 0.5) is 0 Å². The zero-order valence-corrected chi connectivity index (χ0v) is 13.0. The second-order valence-corrected chi connectivity index (χ2v) is 7.28. The van der Waals surface area contributed by atoms with Crippen LogP contribution < -0.4 is 0 Å². The third kappa shape index (κ3) is 4.30. The van der Waals surface area contributed by atoms with Gasteiger partial charge < -0.3 is 4.90 Å². The maximum Gasteiger partial charge on any atom is 0.137 e. The Balaban J connectivity index is 1.87. The summed E-state index contributed by atoms with van der Waals surface area (Å²) >= 11 is 0. The molecule has 1 saturated carbocycles. The lowest BCUT2D eigenvalue weighted by molar-refractivity contribution is -0.126. The molecule has 2 rings (SSSR count). The smallest absolute Gasteiger partial charge is 0.137 e. The minimum absolute atomic E-state index is 0.328. The molecule has 0 spiro atoms. The van der Waals surface area contributed by atoms with Crippen LogP contribution in [0.15, 0.2) is 0 Å². The van der Waals surface area contributed by atoms with Crippen LogP contribution >= 0.6 is 0 Å². The van der Waals surface area contributed by atoms with E-state index in [4.69, 9.17) is 0 Å². The summed E-state index contributed by atoms with van der Waals surface area (Å²) in [7, 11) is 0. The van der Waals surface area contributed by atoms with E-state index in [2.05, 4.69) is 25.7 Å². The molecule has 0 aromatic heterocycles. The number of hydrogen-bond acceptors (Lipinski definition) is 2. The van der Waals surface area contributed by atoms with Crippen molar-refractivity contribution in [2.24, 2.45) is 23.7 Å². The molecule has 110 valence electrons. The highest BCUT2D eigenvalue weighted by Gasteiger charge is 2.31. The summed E-state index contributed by atoms with van der Waals surface area (Å²) < 4.78 is 0. The van der Waals surface area contributed by atoms with Gasteiger partial charge in [0.15, 0.2) is 0 Å². The first kappa shape index (κ1) is 15.0. The molecule has 3 unspecified atom stereocenters. The highest BCUT2D eigenvalue weighted by Crippen LogP contribution is 2.32. The fourth-order valence-corrected chi connectivity index (χ4v) is 3.75. The number of rotatable bonds is 3. The van der Waals surface area contributed by atoms with Crippen molar-refractivity contribution in [3.05, 3.63) is 0 Å². The van der Waals surface area contributed by atoms with Gasteiger partial charge in [-0.05, 0) is 62.9 Å². The van der Waals surface area contributed by atoms with Crippen molar-refractivity contribution < 1.29 is 4.79 Å². The quantitative estimate of drug-likeness (QED) is 0.774. The Kier molecular flexibility index (Phi) is 5.44. The summed E-state index contributed by atoms with van der Waals surface area (Å²) in [6.07, 6.45) is 7.10. The third-order valence-corrected chi connectivity index (χ3v) is 5.33. The highest BCUT2D eigenvalue weighted by atomic mass is 16.1. The number of nitrogens with zero attached hydrogens (tertiary/aromatic N) is 1. The van der Waals surface area contributed by atoms with E-state index in [1.54, 1.807) is 0 Å². The van der Waals surface area contributed by atoms with Gasteiger partial charge in [-0.2, -0.15) is 0 Å². The molecule has 1 saturated heterocycles. The minimum atomic E-state index is 0.328. The van der Waals surface area contributed by atoms with Crippen molar-refractivity contribution in [2.45, 2.75) is 59.3 Å². The van der Waals surface area contributed by atoms with Crippen LogP contribution in [0, 0.1) is 23.7 Å². The summed E-state index contributed by atoms with van der Waals surface area (Å²) in [5, 5.41) is 0. The van der Waals surface area contributed by atoms with E-state index in [-0.39, 0.29) is 0 Å². The summed E-state index contributed by atoms with van der Waals surface area (Å²) in [5.41, 5.74) is 0. The van der Waals surface area contributed by atoms with E-state index < -0.39 is 0 Å². The lowest BCUT2D eigenvalue weighted by Crippen LogP contribution is -2.38. The summed E-state index contributed by atoms with van der Waals surface area (Å²) in [4.78, 5) is 14.7. The second-order valence-electron chi connectivity index (χ2n) is 7.28. The van der Waals surface area contributed by atoms with Crippen LogP contribution in [0.1, 0.15) is 59.3 Å². The Morgan fingerprint density at radius 2 is 2.00 bits per heavy atom. The molecular formula is C17H31NO. The predicted molar refractivity (Wildman–Crippen MR) is 80.1 cm³/mol. The van der Waals surface area contributed by atoms with Crippen LogP contribution in [0.25, 0.3) is 0 Å². The maximum absolute atomic E-state index is 12.2. The van der Waals surface area contributed by atoms with Crippen LogP contribution in [0.3, 0.4) is 0 Å². The first-order valence-electron chi connectivity index (χ1n) is 8.31. The number of carbonyl (C=O) groups is 1. The van der Waals surface area contributed by atoms with Crippen molar-refractivity contribution in [1.29, 1.82) is 0 Å². The first-order valence-corrected chi connectivity index (χ1v) is 8.31. The normalized spacial score (nSPS) is 34.5. The average molecular weight is 265 g/mol. The number of ketones is 1. The van der Waals surface area contributed by atoms with E-state index >= 15 is 0 Å². The van der Waals surface area contributed by atoms with Crippen molar-refractivity contribution in [3.8, 4) is 0 Å². The number of Topliss-reactive ketones (excluding diaryl/α,β-unsaturated/α-hetero) is 1. The van der Waals surface area contributed by atoms with Crippen molar-refractivity contribution in [1.82, 2.24) is 4.90 Å². The van der Waals surface area contributed by atoms with Crippen molar-refractivity contribution in [3.63, 3.8) is 0 Å². The topological polar surface area (TPSA) is 20.3 Å². The summed E-state index contributed by atoms with van der Waals surface area (Å²) in [5.74, 6) is 3.24. The van der Waals surface area contributed by atoms with Gasteiger partial charge in [0, 0.05) is 18.9 Å². The lowest BCUT2D eigenvalue weighted by Gasteiger charge is -2.33. The van der Waals surface area contributed by atoms with Gasteiger partial charge >= 0.3 is 0 Å². The molecule has 1 aliphatic carbocycles. The molecule has 0 aromatic rings. The van der Waals surface area contributed by atoms with Gasteiger partial charge in [-0.25, -0.2) is 0 Å². The standard InChI is InChI=1S/C17H31NO/c1-13(2)15-6-7-17(19)16(11-15)12-18-9-4-5-14(3)8-10-18/h13-16H,4-12H2,1-3H3. The molecule has 2 aliphatic rings. The summed E-state index contributed by atoms with van der Waals surface area (Å²) in [6.45, 7) is 10.4. The molecule has 0 bridgehead atoms. The fraction of sp³-hybridized carbons (Fsp3) is 0.941. The van der Waals surface area contributed by atoms with Crippen LogP contribution in [0.2, 0.25) is 0 Å². The molecule has 0 N–H and O–H groups in total. The molecule has 0 radical (unpaired) electrons.